The number of nitrogens with one attached hydrogen (secondary N) is 1. The molecule has 1 atom stereocenters. The molecule has 102 valence electrons. The van der Waals surface area contributed by atoms with Crippen molar-refractivity contribution in [3.63, 3.8) is 0 Å². The van der Waals surface area contributed by atoms with Crippen molar-refractivity contribution >= 4 is 0 Å². The third-order valence-electron chi connectivity index (χ3n) is 5.26. The zero-order valence-corrected chi connectivity index (χ0v) is 12.6. The van der Waals surface area contributed by atoms with Gasteiger partial charge in [-0.3, -0.25) is 4.68 Å². The van der Waals surface area contributed by atoms with Crippen molar-refractivity contribution in [2.45, 2.75) is 47.1 Å². The van der Waals surface area contributed by atoms with Gasteiger partial charge in [-0.2, -0.15) is 5.10 Å². The molecule has 1 N–H and O–H groups in total. The largest absolute Gasteiger partial charge is 0.308 e. The van der Waals surface area contributed by atoms with Crippen molar-refractivity contribution in [3.8, 4) is 0 Å². The van der Waals surface area contributed by atoms with Crippen molar-refractivity contribution in [2.75, 3.05) is 6.54 Å². The minimum absolute atomic E-state index is 0.392. The van der Waals surface area contributed by atoms with Gasteiger partial charge in [-0.05, 0) is 35.8 Å². The van der Waals surface area contributed by atoms with Crippen LogP contribution in [0, 0.1) is 16.7 Å². The number of aromatic nitrogens is 2. The molecule has 0 radical (unpaired) electrons. The van der Waals surface area contributed by atoms with Gasteiger partial charge in [0.25, 0.3) is 0 Å². The monoisotopic (exact) mass is 249 g/mol. The summed E-state index contributed by atoms with van der Waals surface area (Å²) in [5, 5.41) is 8.05. The maximum absolute atomic E-state index is 4.33. The first-order chi connectivity index (χ1) is 8.34. The van der Waals surface area contributed by atoms with Gasteiger partial charge >= 0.3 is 0 Å². The fourth-order valence-electron chi connectivity index (χ4n) is 3.46. The third-order valence-corrected chi connectivity index (χ3v) is 5.26. The van der Waals surface area contributed by atoms with Crippen LogP contribution in [0.3, 0.4) is 0 Å². The maximum Gasteiger partial charge on any atom is 0.0553 e. The van der Waals surface area contributed by atoms with E-state index in [1.165, 1.54) is 12.1 Å². The van der Waals surface area contributed by atoms with Crippen molar-refractivity contribution in [2.24, 2.45) is 23.8 Å². The average Bonchev–Trinajstić information content (AvgIpc) is 2.64. The molecule has 1 saturated carbocycles. The van der Waals surface area contributed by atoms with Gasteiger partial charge in [0.05, 0.1) is 11.7 Å². The van der Waals surface area contributed by atoms with Crippen LogP contribution in [0.15, 0.2) is 12.3 Å². The number of hydrogen-bond donors (Lipinski definition) is 1. The Balaban J connectivity index is 2.26. The van der Waals surface area contributed by atoms with Gasteiger partial charge in [-0.15, -0.1) is 0 Å². The van der Waals surface area contributed by atoms with Gasteiger partial charge < -0.3 is 5.32 Å². The Morgan fingerprint density at radius 2 is 1.94 bits per heavy atom. The molecule has 0 saturated heterocycles. The highest BCUT2D eigenvalue weighted by atomic mass is 15.3. The molecule has 0 bridgehead atoms. The van der Waals surface area contributed by atoms with E-state index in [-0.39, 0.29) is 0 Å². The van der Waals surface area contributed by atoms with Crippen LogP contribution in [-0.4, -0.2) is 16.3 Å². The van der Waals surface area contributed by atoms with Crippen LogP contribution in [0.25, 0.3) is 0 Å². The van der Waals surface area contributed by atoms with E-state index in [1.54, 1.807) is 0 Å². The summed E-state index contributed by atoms with van der Waals surface area (Å²) in [7, 11) is 2.04. The summed E-state index contributed by atoms with van der Waals surface area (Å²) >= 11 is 0. The van der Waals surface area contributed by atoms with Gasteiger partial charge in [0.2, 0.25) is 0 Å². The number of nitrogens with zero attached hydrogens (tertiary/aromatic N) is 2. The molecule has 0 amide bonds. The molecule has 1 heterocycles. The SMILES string of the molecule is CCCNC(c1ccnn1C)C1C(C)(C)C1(C)C. The quantitative estimate of drug-likeness (QED) is 0.869. The van der Waals surface area contributed by atoms with Gasteiger partial charge in [0, 0.05) is 13.2 Å². The van der Waals surface area contributed by atoms with Crippen molar-refractivity contribution < 1.29 is 0 Å². The highest BCUT2D eigenvalue weighted by Gasteiger charge is 2.67. The summed E-state index contributed by atoms with van der Waals surface area (Å²) in [6.45, 7) is 12.8. The van der Waals surface area contributed by atoms with Crippen LogP contribution in [0.1, 0.15) is 52.8 Å². The predicted octanol–water partition coefficient (Wildman–Crippen LogP) is 3.14. The lowest BCUT2D eigenvalue weighted by molar-refractivity contribution is 0.389. The summed E-state index contributed by atoms with van der Waals surface area (Å²) < 4.78 is 2.01. The second kappa shape index (κ2) is 4.37. The molecule has 1 aliphatic rings. The smallest absolute Gasteiger partial charge is 0.0553 e. The van der Waals surface area contributed by atoms with Crippen LogP contribution in [0.4, 0.5) is 0 Å². The lowest BCUT2D eigenvalue weighted by atomic mass is 10.0. The Morgan fingerprint density at radius 3 is 2.33 bits per heavy atom. The van der Waals surface area contributed by atoms with E-state index in [2.05, 4.69) is 51.1 Å². The molecule has 1 aromatic heterocycles. The molecule has 0 spiro atoms. The van der Waals surface area contributed by atoms with E-state index < -0.39 is 0 Å². The molecule has 1 aliphatic carbocycles. The number of aryl methyl sites for hydroxylation is 1. The fraction of sp³-hybridized carbons (Fsp3) is 0.800. The first-order valence-electron chi connectivity index (χ1n) is 7.05. The molecule has 3 nitrogen and oxygen atoms in total. The van der Waals surface area contributed by atoms with Crippen LogP contribution in [0.2, 0.25) is 0 Å². The summed E-state index contributed by atoms with van der Waals surface area (Å²) in [5.74, 6) is 0.673. The van der Waals surface area contributed by atoms with Crippen molar-refractivity contribution in [3.05, 3.63) is 18.0 Å². The van der Waals surface area contributed by atoms with E-state index in [0.717, 1.165) is 6.54 Å². The summed E-state index contributed by atoms with van der Waals surface area (Å²) in [4.78, 5) is 0. The highest BCUT2D eigenvalue weighted by molar-refractivity contribution is 5.22. The van der Waals surface area contributed by atoms with Crippen LogP contribution < -0.4 is 5.32 Å². The molecule has 0 aromatic carbocycles. The van der Waals surface area contributed by atoms with Crippen LogP contribution >= 0.6 is 0 Å². The summed E-state index contributed by atoms with van der Waals surface area (Å²) in [6, 6.07) is 2.57. The van der Waals surface area contributed by atoms with E-state index in [4.69, 9.17) is 0 Å². The Labute approximate surface area is 111 Å². The van der Waals surface area contributed by atoms with Gasteiger partial charge in [-0.1, -0.05) is 34.6 Å². The fourth-order valence-corrected chi connectivity index (χ4v) is 3.46. The molecule has 1 unspecified atom stereocenters. The molecule has 0 aliphatic heterocycles. The lowest BCUT2D eigenvalue weighted by Gasteiger charge is -2.21. The van der Waals surface area contributed by atoms with Gasteiger partial charge in [-0.25, -0.2) is 0 Å². The Hall–Kier alpha value is -0.830. The number of rotatable bonds is 5. The maximum atomic E-state index is 4.33. The second-order valence-corrected chi connectivity index (χ2v) is 6.73. The average molecular weight is 249 g/mol. The molecule has 2 rings (SSSR count). The van der Waals surface area contributed by atoms with E-state index in [0.29, 0.717) is 22.8 Å². The van der Waals surface area contributed by atoms with Gasteiger partial charge in [0.1, 0.15) is 0 Å². The topological polar surface area (TPSA) is 29.9 Å². The van der Waals surface area contributed by atoms with Gasteiger partial charge in [0.15, 0.2) is 0 Å². The lowest BCUT2D eigenvalue weighted by Crippen LogP contribution is -2.28. The molecule has 1 aromatic rings. The number of hydrogen-bond acceptors (Lipinski definition) is 2. The Morgan fingerprint density at radius 1 is 1.33 bits per heavy atom. The van der Waals surface area contributed by atoms with Crippen LogP contribution in [0.5, 0.6) is 0 Å². The van der Waals surface area contributed by atoms with E-state index >= 15 is 0 Å². The highest BCUT2D eigenvalue weighted by Crippen LogP contribution is 2.72. The van der Waals surface area contributed by atoms with E-state index in [9.17, 15) is 0 Å². The Bertz CT molecular complexity index is 403. The van der Waals surface area contributed by atoms with Crippen LogP contribution in [-0.2, 0) is 7.05 Å². The second-order valence-electron chi connectivity index (χ2n) is 6.73. The van der Waals surface area contributed by atoms with Crippen molar-refractivity contribution in [1.82, 2.24) is 15.1 Å². The van der Waals surface area contributed by atoms with Crippen molar-refractivity contribution in [1.29, 1.82) is 0 Å². The minimum Gasteiger partial charge on any atom is -0.308 e. The normalized spacial score (nSPS) is 23.0. The zero-order chi connectivity index (χ0) is 13.6. The first kappa shape index (κ1) is 13.6. The standard InChI is InChI=1S/C15H27N3/c1-7-9-16-12(11-8-10-17-18(11)6)13-14(2,3)15(13,4)5/h8,10,12-13,16H,7,9H2,1-6H3. The molecular formula is C15H27N3. The molecule has 18 heavy (non-hydrogen) atoms. The molecule has 3 heteroatoms. The first-order valence-corrected chi connectivity index (χ1v) is 7.05. The summed E-state index contributed by atoms with van der Waals surface area (Å²) in [6.07, 6.45) is 3.07. The third kappa shape index (κ3) is 1.89. The Kier molecular flexibility index (Phi) is 3.30. The predicted molar refractivity (Wildman–Crippen MR) is 75.3 cm³/mol. The minimum atomic E-state index is 0.392. The summed E-state index contributed by atoms with van der Waals surface area (Å²) in [5.41, 5.74) is 2.10. The van der Waals surface area contributed by atoms with E-state index in [1.807, 2.05) is 17.9 Å². The molecular weight excluding hydrogens is 222 g/mol. The molecule has 1 fully saturated rings. The zero-order valence-electron chi connectivity index (χ0n) is 12.6.